The Labute approximate surface area is 164 Å². The monoisotopic (exact) mass is 423 g/mol. The van der Waals surface area contributed by atoms with E-state index in [0.717, 1.165) is 0 Å². The number of alkyl halides is 6. The Hall–Kier alpha value is -2.13. The molecule has 3 rings (SSSR count). The average Bonchev–Trinajstić information content (AvgIpc) is 3.38. The third kappa shape index (κ3) is 5.93. The summed E-state index contributed by atoms with van der Waals surface area (Å²) in [5.41, 5.74) is 0.438. The van der Waals surface area contributed by atoms with Crippen LogP contribution in [0.2, 0.25) is 0 Å². The van der Waals surface area contributed by atoms with E-state index in [0.29, 0.717) is 30.8 Å². The predicted molar refractivity (Wildman–Crippen MR) is 95.7 cm³/mol. The molecule has 2 saturated carbocycles. The maximum Gasteiger partial charge on any atom is 0.573 e. The zero-order valence-electron chi connectivity index (χ0n) is 15.8. The number of halogens is 6. The number of para-hydroxylation sites is 1. The summed E-state index contributed by atoms with van der Waals surface area (Å²) in [5, 5.41) is 6.13. The molecule has 29 heavy (non-hydrogen) atoms. The van der Waals surface area contributed by atoms with Crippen molar-refractivity contribution in [2.24, 2.45) is 10.9 Å². The molecule has 0 spiro atoms. The summed E-state index contributed by atoms with van der Waals surface area (Å²) in [4.78, 5) is 4.06. The number of ether oxygens (including phenoxy) is 1. The van der Waals surface area contributed by atoms with Gasteiger partial charge in [0.05, 0.1) is 5.92 Å². The van der Waals surface area contributed by atoms with Crippen molar-refractivity contribution >= 4 is 5.96 Å². The lowest BCUT2D eigenvalue weighted by Crippen LogP contribution is -2.47. The number of benzene rings is 1. The highest BCUT2D eigenvalue weighted by Crippen LogP contribution is 2.45. The van der Waals surface area contributed by atoms with E-state index in [1.54, 1.807) is 12.1 Å². The fourth-order valence-corrected chi connectivity index (χ4v) is 3.86. The number of nitrogens with zero attached hydrogens (tertiary/aromatic N) is 1. The molecule has 2 aliphatic carbocycles. The van der Waals surface area contributed by atoms with Crippen LogP contribution in [0.15, 0.2) is 29.3 Å². The highest BCUT2D eigenvalue weighted by molar-refractivity contribution is 5.81. The van der Waals surface area contributed by atoms with Gasteiger partial charge < -0.3 is 15.4 Å². The molecule has 0 aliphatic heterocycles. The first-order valence-electron chi connectivity index (χ1n) is 9.48. The van der Waals surface area contributed by atoms with E-state index >= 15 is 0 Å². The SMILES string of the molecule is CN=C(NC1CCCC(C(F)(F)F)C1)NC1CC1c1ccccc1OC(F)(F)F. The number of aliphatic imine (C=N–C) groups is 1. The van der Waals surface area contributed by atoms with E-state index in [4.69, 9.17) is 0 Å². The molecule has 4 nitrogen and oxygen atoms in total. The molecule has 0 saturated heterocycles. The number of rotatable bonds is 4. The summed E-state index contributed by atoms with van der Waals surface area (Å²) in [7, 11) is 1.51. The summed E-state index contributed by atoms with van der Waals surface area (Å²) >= 11 is 0. The lowest BCUT2D eigenvalue weighted by atomic mass is 9.85. The summed E-state index contributed by atoms with van der Waals surface area (Å²) in [6, 6.07) is 5.44. The molecule has 0 radical (unpaired) electrons. The lowest BCUT2D eigenvalue weighted by Gasteiger charge is -2.32. The second-order valence-corrected chi connectivity index (χ2v) is 7.50. The van der Waals surface area contributed by atoms with Gasteiger partial charge in [-0.15, -0.1) is 13.2 Å². The maximum atomic E-state index is 13.0. The van der Waals surface area contributed by atoms with Crippen LogP contribution in [0.25, 0.3) is 0 Å². The number of nitrogens with one attached hydrogen (secondary N) is 2. The summed E-state index contributed by atoms with van der Waals surface area (Å²) in [6.45, 7) is 0. The molecule has 2 N–H and O–H groups in total. The maximum absolute atomic E-state index is 13.0. The number of hydrogen-bond donors (Lipinski definition) is 2. The third-order valence-corrected chi connectivity index (χ3v) is 5.36. The van der Waals surface area contributed by atoms with Crippen molar-refractivity contribution in [3.63, 3.8) is 0 Å². The summed E-state index contributed by atoms with van der Waals surface area (Å²) in [5.74, 6) is -1.40. The van der Waals surface area contributed by atoms with Gasteiger partial charge in [0, 0.05) is 25.0 Å². The topological polar surface area (TPSA) is 45.7 Å². The molecule has 2 fully saturated rings. The minimum Gasteiger partial charge on any atom is -0.405 e. The molecule has 1 aromatic carbocycles. The Morgan fingerprint density at radius 3 is 2.41 bits per heavy atom. The molecule has 1 aromatic rings. The van der Waals surface area contributed by atoms with Crippen LogP contribution in [0.5, 0.6) is 5.75 Å². The van der Waals surface area contributed by atoms with Gasteiger partial charge in [-0.1, -0.05) is 24.6 Å². The van der Waals surface area contributed by atoms with Gasteiger partial charge in [-0.05, 0) is 37.3 Å². The van der Waals surface area contributed by atoms with Crippen molar-refractivity contribution in [1.82, 2.24) is 10.6 Å². The van der Waals surface area contributed by atoms with Crippen LogP contribution in [0.4, 0.5) is 26.3 Å². The second-order valence-electron chi connectivity index (χ2n) is 7.50. The van der Waals surface area contributed by atoms with Crippen molar-refractivity contribution in [2.45, 2.75) is 62.6 Å². The first-order valence-corrected chi connectivity index (χ1v) is 9.48. The van der Waals surface area contributed by atoms with Crippen LogP contribution in [-0.4, -0.2) is 37.6 Å². The molecular formula is C19H23F6N3O. The molecule has 0 amide bonds. The van der Waals surface area contributed by atoms with Crippen LogP contribution in [0, 0.1) is 5.92 Å². The van der Waals surface area contributed by atoms with Gasteiger partial charge in [0.25, 0.3) is 0 Å². The lowest BCUT2D eigenvalue weighted by molar-refractivity contribution is -0.274. The molecule has 4 unspecified atom stereocenters. The average molecular weight is 423 g/mol. The van der Waals surface area contributed by atoms with Crippen molar-refractivity contribution in [1.29, 1.82) is 0 Å². The van der Waals surface area contributed by atoms with Crippen molar-refractivity contribution < 1.29 is 31.1 Å². The molecule has 162 valence electrons. The highest BCUT2D eigenvalue weighted by Gasteiger charge is 2.44. The zero-order chi connectivity index (χ0) is 21.2. The number of guanidine groups is 1. The van der Waals surface area contributed by atoms with E-state index in [-0.39, 0.29) is 36.6 Å². The Balaban J connectivity index is 1.58. The van der Waals surface area contributed by atoms with Gasteiger partial charge in [-0.25, -0.2) is 0 Å². The van der Waals surface area contributed by atoms with E-state index in [1.807, 2.05) is 0 Å². The van der Waals surface area contributed by atoms with Crippen LogP contribution in [-0.2, 0) is 0 Å². The third-order valence-electron chi connectivity index (χ3n) is 5.36. The van der Waals surface area contributed by atoms with E-state index in [9.17, 15) is 26.3 Å². The van der Waals surface area contributed by atoms with Gasteiger partial charge >= 0.3 is 12.5 Å². The number of hydrogen-bond acceptors (Lipinski definition) is 2. The minimum absolute atomic E-state index is 0.0133. The van der Waals surface area contributed by atoms with Crippen LogP contribution in [0.3, 0.4) is 0 Å². The van der Waals surface area contributed by atoms with Crippen LogP contribution >= 0.6 is 0 Å². The van der Waals surface area contributed by atoms with Gasteiger partial charge in [-0.2, -0.15) is 13.2 Å². The van der Waals surface area contributed by atoms with Gasteiger partial charge in [0.15, 0.2) is 5.96 Å². The Morgan fingerprint density at radius 2 is 1.76 bits per heavy atom. The first kappa shape index (κ1) is 21.6. The summed E-state index contributed by atoms with van der Waals surface area (Å²) in [6.07, 6.45) is -7.19. The molecular weight excluding hydrogens is 400 g/mol. The van der Waals surface area contributed by atoms with E-state index < -0.39 is 18.5 Å². The molecule has 4 atom stereocenters. The zero-order valence-corrected chi connectivity index (χ0v) is 15.8. The Bertz CT molecular complexity index is 733. The largest absolute Gasteiger partial charge is 0.573 e. The smallest absolute Gasteiger partial charge is 0.405 e. The van der Waals surface area contributed by atoms with Crippen molar-refractivity contribution in [3.05, 3.63) is 29.8 Å². The van der Waals surface area contributed by atoms with Gasteiger partial charge in [0.2, 0.25) is 0 Å². The first-order chi connectivity index (χ1) is 13.6. The molecule has 2 aliphatic rings. The predicted octanol–water partition coefficient (Wildman–Crippen LogP) is 4.73. The van der Waals surface area contributed by atoms with E-state index in [1.165, 1.54) is 19.2 Å². The standard InChI is InChI=1S/C19H23F6N3O/c1-26-17(27-12-6-4-5-11(9-12)18(20,21)22)28-15-10-14(15)13-7-2-3-8-16(13)29-19(23,24)25/h2-3,7-8,11-12,14-15H,4-6,9-10H2,1H3,(H2,26,27,28). The molecule has 0 heterocycles. The normalized spacial score (nSPS) is 28.0. The summed E-state index contributed by atoms with van der Waals surface area (Å²) < 4.78 is 80.8. The van der Waals surface area contributed by atoms with Gasteiger partial charge in [-0.3, -0.25) is 4.99 Å². The van der Waals surface area contributed by atoms with Crippen LogP contribution < -0.4 is 15.4 Å². The van der Waals surface area contributed by atoms with Crippen molar-refractivity contribution in [2.75, 3.05) is 7.05 Å². The second kappa shape index (κ2) is 8.31. The minimum atomic E-state index is -4.78. The quantitative estimate of drug-likeness (QED) is 0.418. The fraction of sp³-hybridized carbons (Fsp3) is 0.632. The highest BCUT2D eigenvalue weighted by atomic mass is 19.4. The Kier molecular flexibility index (Phi) is 6.19. The molecule has 0 aromatic heterocycles. The van der Waals surface area contributed by atoms with Gasteiger partial charge in [0.1, 0.15) is 5.75 Å². The van der Waals surface area contributed by atoms with Crippen molar-refractivity contribution in [3.8, 4) is 5.75 Å². The Morgan fingerprint density at radius 1 is 1.03 bits per heavy atom. The van der Waals surface area contributed by atoms with Crippen LogP contribution in [0.1, 0.15) is 43.6 Å². The molecule has 10 heteroatoms. The fourth-order valence-electron chi connectivity index (χ4n) is 3.86. The van der Waals surface area contributed by atoms with E-state index in [2.05, 4.69) is 20.4 Å². The molecule has 0 bridgehead atoms.